The van der Waals surface area contributed by atoms with Crippen molar-refractivity contribution < 1.29 is 17.6 Å². The minimum Gasteiger partial charge on any atom is -0.212 e. The molecule has 0 bridgehead atoms. The summed E-state index contributed by atoms with van der Waals surface area (Å²) in [5.74, 6) is 2.72. The maximum absolute atomic E-state index is 13.8. The molecule has 0 nitrogen and oxygen atoms in total. The van der Waals surface area contributed by atoms with Gasteiger partial charge in [0.05, 0.1) is 6.08 Å². The fourth-order valence-corrected chi connectivity index (χ4v) is 6.78. The standard InChI is InChI=1S/C26H42F4/c1-2-3-19-4-6-20(7-5-19)8-9-21-10-12-22(13-11-21)23-14-16-24(17-15-23)25(27)18-26(28,29)30/h18-24H,2-17H2,1H3/b25-18-. The zero-order valence-corrected chi connectivity index (χ0v) is 18.9. The van der Waals surface area contributed by atoms with Crippen LogP contribution in [0.4, 0.5) is 17.6 Å². The summed E-state index contributed by atoms with van der Waals surface area (Å²) in [7, 11) is 0. The molecule has 0 spiro atoms. The molecule has 0 saturated heterocycles. The van der Waals surface area contributed by atoms with Crippen LogP contribution in [-0.4, -0.2) is 6.18 Å². The second-order valence-electron chi connectivity index (χ2n) is 10.7. The van der Waals surface area contributed by atoms with E-state index in [4.69, 9.17) is 0 Å². The molecule has 0 aromatic rings. The smallest absolute Gasteiger partial charge is 0.212 e. The van der Waals surface area contributed by atoms with Gasteiger partial charge in [-0.1, -0.05) is 71.1 Å². The van der Waals surface area contributed by atoms with Gasteiger partial charge in [-0.3, -0.25) is 0 Å². The lowest BCUT2D eigenvalue weighted by atomic mass is 9.68. The average Bonchev–Trinajstić information content (AvgIpc) is 2.73. The minimum absolute atomic E-state index is 0.126. The molecule has 3 aliphatic carbocycles. The van der Waals surface area contributed by atoms with Gasteiger partial charge >= 0.3 is 6.18 Å². The van der Waals surface area contributed by atoms with Crippen molar-refractivity contribution in [3.63, 3.8) is 0 Å². The first-order valence-electron chi connectivity index (χ1n) is 12.8. The maximum atomic E-state index is 13.8. The first-order valence-corrected chi connectivity index (χ1v) is 12.8. The Kier molecular flexibility index (Phi) is 9.13. The van der Waals surface area contributed by atoms with Crippen LogP contribution in [0, 0.1) is 35.5 Å². The van der Waals surface area contributed by atoms with Gasteiger partial charge in [-0.15, -0.1) is 0 Å². The molecule has 3 rings (SSSR count). The van der Waals surface area contributed by atoms with Gasteiger partial charge < -0.3 is 0 Å². The Labute approximate surface area is 181 Å². The average molecular weight is 431 g/mol. The van der Waals surface area contributed by atoms with E-state index in [0.29, 0.717) is 18.8 Å². The van der Waals surface area contributed by atoms with Gasteiger partial charge in [0.2, 0.25) is 0 Å². The van der Waals surface area contributed by atoms with Crippen LogP contribution in [-0.2, 0) is 0 Å². The van der Waals surface area contributed by atoms with Gasteiger partial charge in [0, 0.05) is 5.92 Å². The lowest BCUT2D eigenvalue weighted by Gasteiger charge is -2.38. The second-order valence-corrected chi connectivity index (χ2v) is 10.7. The molecule has 0 aromatic carbocycles. The van der Waals surface area contributed by atoms with E-state index in [9.17, 15) is 17.6 Å². The van der Waals surface area contributed by atoms with Crippen LogP contribution >= 0.6 is 0 Å². The predicted octanol–water partition coefficient (Wildman–Crippen LogP) is 9.40. The second kappa shape index (κ2) is 11.4. The van der Waals surface area contributed by atoms with E-state index in [0.717, 1.165) is 36.5 Å². The Hall–Kier alpha value is -0.540. The summed E-state index contributed by atoms with van der Waals surface area (Å²) in [4.78, 5) is 0. The van der Waals surface area contributed by atoms with Crippen molar-refractivity contribution in [2.24, 2.45) is 35.5 Å². The lowest BCUT2D eigenvalue weighted by molar-refractivity contribution is -0.0821. The molecule has 3 saturated carbocycles. The molecule has 0 N–H and O–H groups in total. The molecule has 4 heteroatoms. The SMILES string of the molecule is CCCC1CCC(CCC2CCC(C3CCC(/C(F)=C/C(F)(F)F)CC3)CC2)CC1. The summed E-state index contributed by atoms with van der Waals surface area (Å²) in [6, 6.07) is 0. The fourth-order valence-electron chi connectivity index (χ4n) is 6.78. The first-order chi connectivity index (χ1) is 14.3. The van der Waals surface area contributed by atoms with Crippen LogP contribution in [0.5, 0.6) is 0 Å². The highest BCUT2D eigenvalue weighted by Crippen LogP contribution is 2.44. The number of rotatable bonds is 7. The van der Waals surface area contributed by atoms with E-state index in [-0.39, 0.29) is 6.08 Å². The highest BCUT2D eigenvalue weighted by Gasteiger charge is 2.34. The van der Waals surface area contributed by atoms with Crippen LogP contribution in [0.25, 0.3) is 0 Å². The summed E-state index contributed by atoms with van der Waals surface area (Å²) in [5, 5.41) is 0. The van der Waals surface area contributed by atoms with E-state index >= 15 is 0 Å². The van der Waals surface area contributed by atoms with Crippen molar-refractivity contribution in [1.29, 1.82) is 0 Å². The van der Waals surface area contributed by atoms with Crippen molar-refractivity contribution in [3.05, 3.63) is 11.9 Å². The van der Waals surface area contributed by atoms with Crippen molar-refractivity contribution in [1.82, 2.24) is 0 Å². The van der Waals surface area contributed by atoms with E-state index in [1.165, 1.54) is 77.0 Å². The zero-order valence-electron chi connectivity index (χ0n) is 18.9. The van der Waals surface area contributed by atoms with E-state index in [1.807, 2.05) is 0 Å². The summed E-state index contributed by atoms with van der Waals surface area (Å²) < 4.78 is 51.0. The Morgan fingerprint density at radius 1 is 0.667 bits per heavy atom. The van der Waals surface area contributed by atoms with Crippen LogP contribution < -0.4 is 0 Å². The largest absolute Gasteiger partial charge is 0.412 e. The van der Waals surface area contributed by atoms with Crippen molar-refractivity contribution in [3.8, 4) is 0 Å². The number of allylic oxidation sites excluding steroid dienone is 2. The summed E-state index contributed by atoms with van der Waals surface area (Å²) in [6.07, 6.45) is 14.9. The van der Waals surface area contributed by atoms with Crippen LogP contribution in [0.3, 0.4) is 0 Å². The Balaban J connectivity index is 1.31. The van der Waals surface area contributed by atoms with Gasteiger partial charge in [-0.25, -0.2) is 4.39 Å². The van der Waals surface area contributed by atoms with Gasteiger partial charge in [0.15, 0.2) is 0 Å². The van der Waals surface area contributed by atoms with Gasteiger partial charge in [-0.2, -0.15) is 13.2 Å². The van der Waals surface area contributed by atoms with Gasteiger partial charge in [0.1, 0.15) is 5.83 Å². The summed E-state index contributed by atoms with van der Waals surface area (Å²) in [6.45, 7) is 2.30. The highest BCUT2D eigenvalue weighted by atomic mass is 19.4. The Morgan fingerprint density at radius 2 is 1.07 bits per heavy atom. The molecule has 174 valence electrons. The molecule has 3 fully saturated rings. The van der Waals surface area contributed by atoms with Crippen molar-refractivity contribution in [2.45, 2.75) is 116 Å². The predicted molar refractivity (Wildman–Crippen MR) is 116 cm³/mol. The summed E-state index contributed by atoms with van der Waals surface area (Å²) in [5.41, 5.74) is 0. The van der Waals surface area contributed by atoms with E-state index in [1.54, 1.807) is 0 Å². The lowest BCUT2D eigenvalue weighted by Crippen LogP contribution is -2.26. The molecule has 0 radical (unpaired) electrons. The molecule has 0 amide bonds. The fraction of sp³-hybridized carbons (Fsp3) is 0.923. The number of halogens is 4. The monoisotopic (exact) mass is 430 g/mol. The zero-order chi connectivity index (χ0) is 21.6. The molecular weight excluding hydrogens is 388 g/mol. The topological polar surface area (TPSA) is 0 Å². The molecular formula is C26H42F4. The normalized spacial score (nSPS) is 36.6. The highest BCUT2D eigenvalue weighted by molar-refractivity contribution is 5.03. The van der Waals surface area contributed by atoms with Gasteiger partial charge in [0.25, 0.3) is 0 Å². The van der Waals surface area contributed by atoms with Crippen LogP contribution in [0.15, 0.2) is 11.9 Å². The van der Waals surface area contributed by atoms with Crippen molar-refractivity contribution >= 4 is 0 Å². The molecule has 0 unspecified atom stereocenters. The molecule has 0 aromatic heterocycles. The molecule has 0 aliphatic heterocycles. The Bertz CT molecular complexity index is 514. The summed E-state index contributed by atoms with van der Waals surface area (Å²) >= 11 is 0. The first kappa shape index (κ1) is 24.1. The third kappa shape index (κ3) is 7.55. The minimum atomic E-state index is -4.53. The third-order valence-corrected chi connectivity index (χ3v) is 8.67. The number of hydrogen-bond donors (Lipinski definition) is 0. The molecule has 30 heavy (non-hydrogen) atoms. The third-order valence-electron chi connectivity index (χ3n) is 8.67. The van der Waals surface area contributed by atoms with E-state index in [2.05, 4.69) is 6.92 Å². The number of hydrogen-bond acceptors (Lipinski definition) is 0. The molecule has 0 heterocycles. The van der Waals surface area contributed by atoms with Gasteiger partial charge in [-0.05, 0) is 68.1 Å². The van der Waals surface area contributed by atoms with Crippen molar-refractivity contribution in [2.75, 3.05) is 0 Å². The number of alkyl halides is 3. The van der Waals surface area contributed by atoms with E-state index < -0.39 is 17.9 Å². The molecule has 3 aliphatic rings. The Morgan fingerprint density at radius 3 is 1.50 bits per heavy atom. The van der Waals surface area contributed by atoms with Crippen LogP contribution in [0.2, 0.25) is 0 Å². The molecule has 0 atom stereocenters. The quantitative estimate of drug-likeness (QED) is 0.353. The maximum Gasteiger partial charge on any atom is 0.412 e. The van der Waals surface area contributed by atoms with Crippen LogP contribution in [0.1, 0.15) is 110 Å².